The fourth-order valence-electron chi connectivity index (χ4n) is 1.91. The number of nitriles is 1. The maximum Gasteiger partial charge on any atom is 0.416 e. The first-order valence-corrected chi connectivity index (χ1v) is 6.26. The third kappa shape index (κ3) is 4.42. The minimum absolute atomic E-state index is 0.0815. The zero-order valence-corrected chi connectivity index (χ0v) is 11.3. The van der Waals surface area contributed by atoms with Gasteiger partial charge in [0.2, 0.25) is 0 Å². The highest BCUT2D eigenvalue weighted by Crippen LogP contribution is 2.32. The summed E-state index contributed by atoms with van der Waals surface area (Å²) < 4.78 is 37.7. The van der Waals surface area contributed by atoms with Crippen molar-refractivity contribution in [1.82, 2.24) is 0 Å². The second-order valence-corrected chi connectivity index (χ2v) is 5.02. The van der Waals surface area contributed by atoms with Crippen LogP contribution in [0.4, 0.5) is 18.9 Å². The highest BCUT2D eigenvalue weighted by molar-refractivity contribution is 5.59. The van der Waals surface area contributed by atoms with E-state index in [-0.39, 0.29) is 18.2 Å². The minimum atomic E-state index is -4.47. The van der Waals surface area contributed by atoms with Crippen molar-refractivity contribution in [2.75, 3.05) is 11.9 Å². The lowest BCUT2D eigenvalue weighted by Gasteiger charge is -2.20. The number of anilines is 1. The molecule has 1 aromatic rings. The number of aliphatic hydroxyl groups is 1. The SMILES string of the molecule is CC(C)CC(CO)Nc1ccc(C(F)(F)F)cc1C#N. The lowest BCUT2D eigenvalue weighted by atomic mass is 10.0. The quantitative estimate of drug-likeness (QED) is 0.872. The number of rotatable bonds is 5. The van der Waals surface area contributed by atoms with Crippen LogP contribution in [-0.4, -0.2) is 17.8 Å². The Labute approximate surface area is 116 Å². The summed E-state index contributed by atoms with van der Waals surface area (Å²) in [6.45, 7) is 3.80. The Morgan fingerprint density at radius 1 is 1.35 bits per heavy atom. The van der Waals surface area contributed by atoms with Crippen molar-refractivity contribution >= 4 is 5.69 Å². The topological polar surface area (TPSA) is 56.0 Å². The predicted molar refractivity (Wildman–Crippen MR) is 70.1 cm³/mol. The van der Waals surface area contributed by atoms with Crippen molar-refractivity contribution in [3.8, 4) is 6.07 Å². The van der Waals surface area contributed by atoms with Crippen LogP contribution in [0.1, 0.15) is 31.4 Å². The van der Waals surface area contributed by atoms with E-state index in [0.29, 0.717) is 18.0 Å². The fraction of sp³-hybridized carbons (Fsp3) is 0.500. The van der Waals surface area contributed by atoms with Crippen LogP contribution in [0.15, 0.2) is 18.2 Å². The minimum Gasteiger partial charge on any atom is -0.394 e. The van der Waals surface area contributed by atoms with Gasteiger partial charge in [0.1, 0.15) is 6.07 Å². The van der Waals surface area contributed by atoms with Crippen LogP contribution in [0.5, 0.6) is 0 Å². The first-order chi connectivity index (χ1) is 9.27. The molecule has 110 valence electrons. The smallest absolute Gasteiger partial charge is 0.394 e. The molecule has 6 heteroatoms. The molecular weight excluding hydrogens is 269 g/mol. The molecule has 0 saturated heterocycles. The summed E-state index contributed by atoms with van der Waals surface area (Å²) in [4.78, 5) is 0. The van der Waals surface area contributed by atoms with Crippen LogP contribution < -0.4 is 5.32 Å². The molecule has 20 heavy (non-hydrogen) atoms. The van der Waals surface area contributed by atoms with Gasteiger partial charge in [0, 0.05) is 6.04 Å². The third-order valence-electron chi connectivity index (χ3n) is 2.80. The molecule has 0 fully saturated rings. The van der Waals surface area contributed by atoms with E-state index >= 15 is 0 Å². The van der Waals surface area contributed by atoms with E-state index in [1.54, 1.807) is 6.07 Å². The largest absolute Gasteiger partial charge is 0.416 e. The van der Waals surface area contributed by atoms with Crippen LogP contribution in [0.25, 0.3) is 0 Å². The molecule has 1 unspecified atom stereocenters. The standard InChI is InChI=1S/C14H17F3N2O/c1-9(2)5-12(8-20)19-13-4-3-11(14(15,16)17)6-10(13)7-18/h3-4,6,9,12,19-20H,5,8H2,1-2H3. The maximum atomic E-state index is 12.6. The lowest BCUT2D eigenvalue weighted by Crippen LogP contribution is -2.26. The van der Waals surface area contributed by atoms with Gasteiger partial charge in [-0.1, -0.05) is 13.8 Å². The van der Waals surface area contributed by atoms with Crippen LogP contribution in [0.3, 0.4) is 0 Å². The molecule has 0 aliphatic carbocycles. The molecule has 0 spiro atoms. The molecule has 0 bridgehead atoms. The first kappa shape index (κ1) is 16.3. The predicted octanol–water partition coefficient (Wildman–Crippen LogP) is 3.40. The zero-order valence-electron chi connectivity index (χ0n) is 11.3. The molecule has 0 radical (unpaired) electrons. The number of hydrogen-bond acceptors (Lipinski definition) is 3. The number of nitrogens with one attached hydrogen (secondary N) is 1. The van der Waals surface area contributed by atoms with E-state index in [9.17, 15) is 18.3 Å². The Balaban J connectivity index is 2.99. The summed E-state index contributed by atoms with van der Waals surface area (Å²) in [5, 5.41) is 21.1. The van der Waals surface area contributed by atoms with Crippen molar-refractivity contribution < 1.29 is 18.3 Å². The number of benzene rings is 1. The number of halogens is 3. The molecule has 1 aromatic carbocycles. The normalized spacial score (nSPS) is 13.1. The molecule has 0 aromatic heterocycles. The van der Waals surface area contributed by atoms with E-state index in [0.717, 1.165) is 12.1 Å². The summed E-state index contributed by atoms with van der Waals surface area (Å²) in [6, 6.07) is 4.42. The van der Waals surface area contributed by atoms with Gasteiger partial charge < -0.3 is 10.4 Å². The van der Waals surface area contributed by atoms with Gasteiger partial charge in [-0.15, -0.1) is 0 Å². The Hall–Kier alpha value is -1.74. The Morgan fingerprint density at radius 2 is 2.00 bits per heavy atom. The zero-order chi connectivity index (χ0) is 15.3. The molecule has 0 amide bonds. The van der Waals surface area contributed by atoms with Gasteiger partial charge in [-0.3, -0.25) is 0 Å². The Morgan fingerprint density at radius 3 is 2.45 bits per heavy atom. The van der Waals surface area contributed by atoms with Crippen LogP contribution >= 0.6 is 0 Å². The van der Waals surface area contributed by atoms with Crippen molar-refractivity contribution in [2.45, 2.75) is 32.5 Å². The molecule has 3 nitrogen and oxygen atoms in total. The van der Waals surface area contributed by atoms with Gasteiger partial charge >= 0.3 is 6.18 Å². The van der Waals surface area contributed by atoms with Crippen LogP contribution in [0.2, 0.25) is 0 Å². The van der Waals surface area contributed by atoms with Crippen molar-refractivity contribution in [3.63, 3.8) is 0 Å². The molecule has 0 saturated carbocycles. The van der Waals surface area contributed by atoms with E-state index in [4.69, 9.17) is 5.26 Å². The van der Waals surface area contributed by atoms with Crippen molar-refractivity contribution in [2.24, 2.45) is 5.92 Å². The Kier molecular flexibility index (Phi) is 5.40. The molecule has 0 aliphatic rings. The first-order valence-electron chi connectivity index (χ1n) is 6.26. The molecular formula is C14H17F3N2O. The fourth-order valence-corrected chi connectivity index (χ4v) is 1.91. The second-order valence-electron chi connectivity index (χ2n) is 5.02. The van der Waals surface area contributed by atoms with Crippen molar-refractivity contribution in [1.29, 1.82) is 5.26 Å². The van der Waals surface area contributed by atoms with Gasteiger partial charge in [0.15, 0.2) is 0 Å². The highest BCUT2D eigenvalue weighted by atomic mass is 19.4. The summed E-state index contributed by atoms with van der Waals surface area (Å²) in [5.41, 5.74) is -0.633. The third-order valence-corrected chi connectivity index (χ3v) is 2.80. The maximum absolute atomic E-state index is 12.6. The van der Waals surface area contributed by atoms with Crippen molar-refractivity contribution in [3.05, 3.63) is 29.3 Å². The van der Waals surface area contributed by atoms with Gasteiger partial charge in [0.05, 0.1) is 23.4 Å². The van der Waals surface area contributed by atoms with E-state index in [1.807, 2.05) is 13.8 Å². The number of hydrogen-bond donors (Lipinski definition) is 2. The second kappa shape index (κ2) is 6.62. The monoisotopic (exact) mass is 286 g/mol. The highest BCUT2D eigenvalue weighted by Gasteiger charge is 2.31. The van der Waals surface area contributed by atoms with Gasteiger partial charge in [0.25, 0.3) is 0 Å². The number of alkyl halides is 3. The summed E-state index contributed by atoms with van der Waals surface area (Å²) in [7, 11) is 0. The molecule has 1 atom stereocenters. The molecule has 0 aliphatic heterocycles. The van der Waals surface area contributed by atoms with E-state index in [1.165, 1.54) is 6.07 Å². The lowest BCUT2D eigenvalue weighted by molar-refractivity contribution is -0.137. The van der Waals surface area contributed by atoms with Crippen LogP contribution in [0, 0.1) is 17.2 Å². The van der Waals surface area contributed by atoms with Gasteiger partial charge in [-0.25, -0.2) is 0 Å². The van der Waals surface area contributed by atoms with E-state index in [2.05, 4.69) is 5.32 Å². The summed E-state index contributed by atoms with van der Waals surface area (Å²) >= 11 is 0. The summed E-state index contributed by atoms with van der Waals surface area (Å²) in [5.74, 6) is 0.319. The molecule has 0 heterocycles. The average Bonchev–Trinajstić information content (AvgIpc) is 2.36. The van der Waals surface area contributed by atoms with Crippen LogP contribution in [-0.2, 0) is 6.18 Å². The average molecular weight is 286 g/mol. The van der Waals surface area contributed by atoms with Gasteiger partial charge in [-0.05, 0) is 30.5 Å². The summed E-state index contributed by atoms with van der Waals surface area (Å²) in [6.07, 6.45) is -3.82. The molecule has 1 rings (SSSR count). The number of nitrogens with zero attached hydrogens (tertiary/aromatic N) is 1. The van der Waals surface area contributed by atoms with E-state index < -0.39 is 11.7 Å². The number of aliphatic hydroxyl groups excluding tert-OH is 1. The molecule has 2 N–H and O–H groups in total. The Bertz CT molecular complexity index is 492. The van der Waals surface area contributed by atoms with Gasteiger partial charge in [-0.2, -0.15) is 18.4 Å².